The van der Waals surface area contributed by atoms with E-state index >= 15 is 0 Å². The molecule has 0 aromatic heterocycles. The zero-order valence-corrected chi connectivity index (χ0v) is 12.4. The molecule has 0 N–H and O–H groups in total. The summed E-state index contributed by atoms with van der Waals surface area (Å²) >= 11 is 7.36. The fraction of sp³-hybridized carbons (Fsp3) is 0.917. The lowest BCUT2D eigenvalue weighted by atomic mass is 10.1. The largest absolute Gasteiger partial charge is 0.0891 e. The van der Waals surface area contributed by atoms with Crippen LogP contribution < -0.4 is 0 Å². The lowest BCUT2D eigenvalue weighted by Gasteiger charge is -2.10. The number of halogens is 2. The van der Waals surface area contributed by atoms with Crippen LogP contribution >= 0.6 is 31.9 Å². The molecule has 14 heavy (non-hydrogen) atoms. The normalized spacial score (nSPS) is 15.4. The summed E-state index contributed by atoms with van der Waals surface area (Å²) in [6, 6.07) is 0. The van der Waals surface area contributed by atoms with Gasteiger partial charge in [0, 0.05) is 9.65 Å². The molecule has 1 radical (unpaired) electrons. The third-order valence-electron chi connectivity index (χ3n) is 2.47. The summed E-state index contributed by atoms with van der Waals surface area (Å²) in [5.41, 5.74) is 0. The van der Waals surface area contributed by atoms with Crippen molar-refractivity contribution >= 4 is 31.9 Å². The molecule has 0 heterocycles. The molecule has 0 spiro atoms. The zero-order valence-electron chi connectivity index (χ0n) is 9.27. The summed E-state index contributed by atoms with van der Waals surface area (Å²) < 4.78 is 0. The monoisotopic (exact) mass is 325 g/mol. The smallest absolute Gasteiger partial charge is 0.0145 e. The molecule has 0 bridgehead atoms. The maximum absolute atomic E-state index is 3.89. The summed E-state index contributed by atoms with van der Waals surface area (Å²) in [7, 11) is 0. The molecule has 0 saturated heterocycles. The topological polar surface area (TPSA) is 0 Å². The third kappa shape index (κ3) is 9.51. The molecule has 0 nitrogen and oxygen atoms in total. The predicted octanol–water partition coefficient (Wildman–Crippen LogP) is 5.49. The van der Waals surface area contributed by atoms with E-state index in [-0.39, 0.29) is 0 Å². The van der Waals surface area contributed by atoms with Gasteiger partial charge in [-0.25, -0.2) is 0 Å². The summed E-state index contributed by atoms with van der Waals surface area (Å²) in [4.78, 5) is 1.36. The van der Waals surface area contributed by atoms with Crippen LogP contribution in [-0.2, 0) is 0 Å². The Hall–Kier alpha value is 0.960. The van der Waals surface area contributed by atoms with Crippen LogP contribution in [0.2, 0.25) is 0 Å². The molecule has 0 aliphatic carbocycles. The molecule has 0 rings (SSSR count). The van der Waals surface area contributed by atoms with Crippen LogP contribution in [0, 0.1) is 6.92 Å². The molecular weight excluding hydrogens is 304 g/mol. The van der Waals surface area contributed by atoms with E-state index in [2.05, 4.69) is 45.7 Å². The maximum Gasteiger partial charge on any atom is 0.0145 e. The van der Waals surface area contributed by atoms with Gasteiger partial charge in [-0.2, -0.15) is 0 Å². The molecule has 0 aliphatic heterocycles. The molecule has 2 atom stereocenters. The fourth-order valence-corrected chi connectivity index (χ4v) is 2.44. The number of hydrogen-bond acceptors (Lipinski definition) is 0. The highest BCUT2D eigenvalue weighted by Crippen LogP contribution is 2.20. The van der Waals surface area contributed by atoms with E-state index in [1.54, 1.807) is 0 Å². The van der Waals surface area contributed by atoms with Crippen molar-refractivity contribution in [2.45, 2.75) is 67.9 Å². The second kappa shape index (κ2) is 10.5. The van der Waals surface area contributed by atoms with Crippen molar-refractivity contribution in [2.24, 2.45) is 0 Å². The first kappa shape index (κ1) is 15.0. The molecule has 2 unspecified atom stereocenters. The Balaban J connectivity index is 3.21. The average molecular weight is 327 g/mol. The van der Waals surface area contributed by atoms with Gasteiger partial charge >= 0.3 is 0 Å². The van der Waals surface area contributed by atoms with Crippen molar-refractivity contribution in [3.63, 3.8) is 0 Å². The summed E-state index contributed by atoms with van der Waals surface area (Å²) in [5.74, 6) is 0. The van der Waals surface area contributed by atoms with Crippen molar-refractivity contribution < 1.29 is 0 Å². The van der Waals surface area contributed by atoms with Crippen LogP contribution in [-0.4, -0.2) is 9.65 Å². The van der Waals surface area contributed by atoms with Gasteiger partial charge in [0.1, 0.15) is 0 Å². The van der Waals surface area contributed by atoms with Gasteiger partial charge in [-0.15, -0.1) is 0 Å². The van der Waals surface area contributed by atoms with Crippen LogP contribution in [0.1, 0.15) is 58.3 Å². The van der Waals surface area contributed by atoms with Crippen molar-refractivity contribution in [3.8, 4) is 0 Å². The minimum atomic E-state index is 0.623. The Bertz CT molecular complexity index is 115. The lowest BCUT2D eigenvalue weighted by Crippen LogP contribution is -2.01. The minimum Gasteiger partial charge on any atom is -0.0891 e. The Morgan fingerprint density at radius 2 is 1.50 bits per heavy atom. The van der Waals surface area contributed by atoms with E-state index in [1.165, 1.54) is 44.9 Å². The number of rotatable bonds is 9. The lowest BCUT2D eigenvalue weighted by molar-refractivity contribution is 0.588. The molecule has 0 saturated carbocycles. The van der Waals surface area contributed by atoms with E-state index in [9.17, 15) is 0 Å². The van der Waals surface area contributed by atoms with E-state index in [1.807, 2.05) is 0 Å². The van der Waals surface area contributed by atoms with Crippen LogP contribution in [0.15, 0.2) is 0 Å². The molecule has 0 aromatic rings. The van der Waals surface area contributed by atoms with Gasteiger partial charge in [0.25, 0.3) is 0 Å². The van der Waals surface area contributed by atoms with E-state index in [4.69, 9.17) is 0 Å². The van der Waals surface area contributed by atoms with Crippen LogP contribution in [0.4, 0.5) is 0 Å². The second-order valence-electron chi connectivity index (χ2n) is 3.91. The molecule has 85 valence electrons. The molecule has 0 aliphatic rings. The Morgan fingerprint density at radius 1 is 0.929 bits per heavy atom. The van der Waals surface area contributed by atoms with Crippen LogP contribution in [0.3, 0.4) is 0 Å². The van der Waals surface area contributed by atoms with Crippen molar-refractivity contribution in [1.29, 1.82) is 0 Å². The predicted molar refractivity (Wildman–Crippen MR) is 73.4 cm³/mol. The second-order valence-corrected chi connectivity index (χ2v) is 6.50. The van der Waals surface area contributed by atoms with Crippen molar-refractivity contribution in [3.05, 3.63) is 6.92 Å². The summed E-state index contributed by atoms with van der Waals surface area (Å²) in [5, 5.41) is 0. The van der Waals surface area contributed by atoms with Crippen LogP contribution in [0.25, 0.3) is 0 Å². The highest BCUT2D eigenvalue weighted by Gasteiger charge is 2.05. The highest BCUT2D eigenvalue weighted by molar-refractivity contribution is 9.09. The minimum absolute atomic E-state index is 0.623. The van der Waals surface area contributed by atoms with E-state index < -0.39 is 0 Å². The SMILES string of the molecule is [CH2]CC(Br)CCCC(Br)CCCCC. The Morgan fingerprint density at radius 3 is 2.07 bits per heavy atom. The van der Waals surface area contributed by atoms with Gasteiger partial charge in [0.05, 0.1) is 0 Å². The number of alkyl halides is 2. The van der Waals surface area contributed by atoms with Gasteiger partial charge in [-0.3, -0.25) is 0 Å². The Labute approximate surface area is 106 Å². The van der Waals surface area contributed by atoms with E-state index in [0.717, 1.165) is 11.2 Å². The number of unbranched alkanes of at least 4 members (excludes halogenated alkanes) is 2. The Kier molecular flexibility index (Phi) is 11.2. The van der Waals surface area contributed by atoms with Gasteiger partial charge in [-0.05, 0) is 25.7 Å². The third-order valence-corrected chi connectivity index (χ3v) is 4.30. The van der Waals surface area contributed by atoms with Gasteiger partial charge < -0.3 is 0 Å². The standard InChI is InChI=1S/C12H23Br2/c1-3-5-6-8-12(14)10-7-9-11(13)4-2/h11-12H,2-10H2,1H3. The quantitative estimate of drug-likeness (QED) is 0.388. The highest BCUT2D eigenvalue weighted by atomic mass is 79.9. The zero-order chi connectivity index (χ0) is 10.8. The first-order chi connectivity index (χ1) is 6.70. The van der Waals surface area contributed by atoms with Gasteiger partial charge in [0.15, 0.2) is 0 Å². The van der Waals surface area contributed by atoms with Crippen molar-refractivity contribution in [1.82, 2.24) is 0 Å². The number of hydrogen-bond donors (Lipinski definition) is 0. The van der Waals surface area contributed by atoms with Gasteiger partial charge in [-0.1, -0.05) is 71.4 Å². The average Bonchev–Trinajstić information content (AvgIpc) is 2.18. The molecule has 2 heteroatoms. The first-order valence-corrected chi connectivity index (χ1v) is 7.61. The van der Waals surface area contributed by atoms with Crippen LogP contribution in [0.5, 0.6) is 0 Å². The summed E-state index contributed by atoms with van der Waals surface area (Å²) in [6.07, 6.45) is 10.3. The molecule has 0 aromatic carbocycles. The van der Waals surface area contributed by atoms with E-state index in [0.29, 0.717) is 4.83 Å². The summed E-state index contributed by atoms with van der Waals surface area (Å²) in [6.45, 7) is 6.14. The molecule has 0 amide bonds. The molecular formula is C12H23Br2. The fourth-order valence-electron chi connectivity index (χ4n) is 1.47. The maximum atomic E-state index is 3.89. The molecule has 0 fully saturated rings. The van der Waals surface area contributed by atoms with Crippen molar-refractivity contribution in [2.75, 3.05) is 0 Å². The first-order valence-electron chi connectivity index (χ1n) is 5.78. The van der Waals surface area contributed by atoms with Gasteiger partial charge in [0.2, 0.25) is 0 Å².